The lowest BCUT2D eigenvalue weighted by Gasteiger charge is -2.30. The Balaban J connectivity index is 2.72. The Labute approximate surface area is 121 Å². The Kier molecular flexibility index (Phi) is 5.82. The molecule has 3 heteroatoms. The summed E-state index contributed by atoms with van der Waals surface area (Å²) in [7, 11) is 1.94. The molecule has 0 amide bonds. The van der Waals surface area contributed by atoms with Gasteiger partial charge in [-0.1, -0.05) is 45.4 Å². The Hall–Kier alpha value is -0.600. The van der Waals surface area contributed by atoms with Crippen molar-refractivity contribution >= 4 is 11.6 Å². The van der Waals surface area contributed by atoms with Gasteiger partial charge in [-0.15, -0.1) is 0 Å². The van der Waals surface area contributed by atoms with Crippen LogP contribution in [0.4, 0.5) is 4.39 Å². The summed E-state index contributed by atoms with van der Waals surface area (Å²) in [6.45, 7) is 8.98. The first-order chi connectivity index (χ1) is 8.74. The van der Waals surface area contributed by atoms with Gasteiger partial charge >= 0.3 is 0 Å². The first-order valence-corrected chi connectivity index (χ1v) is 7.23. The van der Waals surface area contributed by atoms with Gasteiger partial charge in [0.15, 0.2) is 0 Å². The van der Waals surface area contributed by atoms with Crippen molar-refractivity contribution < 1.29 is 4.39 Å². The Morgan fingerprint density at radius 3 is 2.42 bits per heavy atom. The average molecular weight is 286 g/mol. The average Bonchev–Trinajstić information content (AvgIpc) is 2.30. The van der Waals surface area contributed by atoms with E-state index in [1.165, 1.54) is 6.07 Å². The van der Waals surface area contributed by atoms with E-state index >= 15 is 0 Å². The second-order valence-electron chi connectivity index (χ2n) is 6.43. The smallest absolute Gasteiger partial charge is 0.127 e. The Morgan fingerprint density at radius 2 is 1.95 bits per heavy atom. The second kappa shape index (κ2) is 6.71. The van der Waals surface area contributed by atoms with Crippen molar-refractivity contribution in [2.24, 2.45) is 11.3 Å². The topological polar surface area (TPSA) is 12.0 Å². The lowest BCUT2D eigenvalue weighted by Crippen LogP contribution is -2.33. The van der Waals surface area contributed by atoms with Crippen LogP contribution in [0.15, 0.2) is 18.2 Å². The molecule has 1 nitrogen and oxygen atoms in total. The van der Waals surface area contributed by atoms with Crippen LogP contribution in [0.3, 0.4) is 0 Å². The largest absolute Gasteiger partial charge is 0.317 e. The molecule has 0 radical (unpaired) electrons. The van der Waals surface area contributed by atoms with E-state index in [2.05, 4.69) is 33.0 Å². The van der Waals surface area contributed by atoms with Gasteiger partial charge in [-0.2, -0.15) is 0 Å². The van der Waals surface area contributed by atoms with Crippen molar-refractivity contribution in [2.75, 3.05) is 7.05 Å². The van der Waals surface area contributed by atoms with Crippen molar-refractivity contribution in [1.82, 2.24) is 5.32 Å². The summed E-state index contributed by atoms with van der Waals surface area (Å²) in [5.41, 5.74) is 0.998. The molecule has 0 spiro atoms. The number of rotatable bonds is 5. The molecule has 108 valence electrons. The van der Waals surface area contributed by atoms with Crippen LogP contribution < -0.4 is 5.32 Å². The van der Waals surface area contributed by atoms with E-state index in [9.17, 15) is 4.39 Å². The molecular weight excluding hydrogens is 261 g/mol. The SMILES string of the molecule is CNC(Cc1ccc(Cl)cc1F)CC(C)C(C)(C)C. The quantitative estimate of drug-likeness (QED) is 0.828. The third-order valence-corrected chi connectivity index (χ3v) is 4.24. The van der Waals surface area contributed by atoms with Crippen LogP contribution in [0.2, 0.25) is 5.02 Å². The Morgan fingerprint density at radius 1 is 1.32 bits per heavy atom. The van der Waals surface area contributed by atoms with Gasteiger partial charge in [0.1, 0.15) is 5.82 Å². The molecule has 19 heavy (non-hydrogen) atoms. The fraction of sp³-hybridized carbons (Fsp3) is 0.625. The van der Waals surface area contributed by atoms with Crippen molar-refractivity contribution in [1.29, 1.82) is 0 Å². The molecule has 0 aromatic heterocycles. The van der Waals surface area contributed by atoms with Gasteiger partial charge in [-0.3, -0.25) is 0 Å². The monoisotopic (exact) mass is 285 g/mol. The summed E-state index contributed by atoms with van der Waals surface area (Å²) >= 11 is 5.78. The minimum absolute atomic E-state index is 0.212. The fourth-order valence-corrected chi connectivity index (χ4v) is 2.20. The maximum absolute atomic E-state index is 13.8. The van der Waals surface area contributed by atoms with Gasteiger partial charge in [0.25, 0.3) is 0 Å². The van der Waals surface area contributed by atoms with Crippen LogP contribution in [0.5, 0.6) is 0 Å². The maximum atomic E-state index is 13.8. The van der Waals surface area contributed by atoms with Crippen LogP contribution in [-0.4, -0.2) is 13.1 Å². The number of benzene rings is 1. The first kappa shape index (κ1) is 16.5. The van der Waals surface area contributed by atoms with Gasteiger partial charge < -0.3 is 5.32 Å². The zero-order chi connectivity index (χ0) is 14.6. The summed E-state index contributed by atoms with van der Waals surface area (Å²) in [6, 6.07) is 5.20. The molecular formula is C16H25ClFN. The highest BCUT2D eigenvalue weighted by Gasteiger charge is 2.23. The molecule has 1 rings (SSSR count). The van der Waals surface area contributed by atoms with Crippen molar-refractivity contribution in [3.05, 3.63) is 34.6 Å². The fourth-order valence-electron chi connectivity index (χ4n) is 2.04. The van der Waals surface area contributed by atoms with E-state index in [0.717, 1.165) is 12.0 Å². The molecule has 2 atom stereocenters. The number of nitrogens with one attached hydrogen (secondary N) is 1. The summed E-state index contributed by atoms with van der Waals surface area (Å²) in [5.74, 6) is 0.358. The van der Waals surface area contributed by atoms with E-state index in [-0.39, 0.29) is 17.3 Å². The van der Waals surface area contributed by atoms with Crippen LogP contribution in [0, 0.1) is 17.2 Å². The van der Waals surface area contributed by atoms with E-state index in [4.69, 9.17) is 11.6 Å². The van der Waals surface area contributed by atoms with E-state index in [1.807, 2.05) is 7.05 Å². The van der Waals surface area contributed by atoms with Crippen LogP contribution in [-0.2, 0) is 6.42 Å². The molecule has 0 saturated heterocycles. The normalized spacial score (nSPS) is 15.3. The lowest BCUT2D eigenvalue weighted by atomic mass is 9.78. The minimum Gasteiger partial charge on any atom is -0.317 e. The zero-order valence-electron chi connectivity index (χ0n) is 12.6. The molecule has 0 fully saturated rings. The summed E-state index contributed by atoms with van der Waals surface area (Å²) in [4.78, 5) is 0. The molecule has 0 heterocycles. The summed E-state index contributed by atoms with van der Waals surface area (Å²) in [6.07, 6.45) is 1.72. The third-order valence-electron chi connectivity index (χ3n) is 4.01. The highest BCUT2D eigenvalue weighted by Crippen LogP contribution is 2.30. The standard InChI is InChI=1S/C16H25ClFN/c1-11(16(2,3)4)8-14(19-5)9-12-6-7-13(17)10-15(12)18/h6-7,10-11,14,19H,8-9H2,1-5H3. The molecule has 0 saturated carbocycles. The molecule has 0 bridgehead atoms. The third kappa shape index (κ3) is 5.12. The number of hydrogen-bond acceptors (Lipinski definition) is 1. The second-order valence-corrected chi connectivity index (χ2v) is 6.86. The van der Waals surface area contributed by atoms with E-state index in [1.54, 1.807) is 12.1 Å². The van der Waals surface area contributed by atoms with E-state index in [0.29, 0.717) is 17.4 Å². The molecule has 1 aromatic carbocycles. The van der Waals surface area contributed by atoms with E-state index < -0.39 is 0 Å². The van der Waals surface area contributed by atoms with Crippen LogP contribution in [0.1, 0.15) is 39.7 Å². The van der Waals surface area contributed by atoms with Crippen molar-refractivity contribution in [3.63, 3.8) is 0 Å². The van der Waals surface area contributed by atoms with Crippen molar-refractivity contribution in [3.8, 4) is 0 Å². The van der Waals surface area contributed by atoms with Gasteiger partial charge in [0.2, 0.25) is 0 Å². The minimum atomic E-state index is -0.212. The predicted molar refractivity (Wildman–Crippen MR) is 81.2 cm³/mol. The van der Waals surface area contributed by atoms with Crippen LogP contribution in [0.25, 0.3) is 0 Å². The highest BCUT2D eigenvalue weighted by atomic mass is 35.5. The number of halogens is 2. The predicted octanol–water partition coefficient (Wildman–Crippen LogP) is 4.68. The summed E-state index contributed by atoms with van der Waals surface area (Å²) in [5, 5.41) is 3.75. The highest BCUT2D eigenvalue weighted by molar-refractivity contribution is 6.30. The number of hydrogen-bond donors (Lipinski definition) is 1. The molecule has 1 aromatic rings. The lowest BCUT2D eigenvalue weighted by molar-refractivity contribution is 0.224. The maximum Gasteiger partial charge on any atom is 0.127 e. The van der Waals surface area contributed by atoms with Gasteiger partial charge in [0.05, 0.1) is 0 Å². The zero-order valence-corrected chi connectivity index (χ0v) is 13.3. The van der Waals surface area contributed by atoms with Crippen LogP contribution >= 0.6 is 11.6 Å². The molecule has 0 aliphatic rings. The van der Waals surface area contributed by atoms with Gasteiger partial charge in [-0.25, -0.2) is 4.39 Å². The van der Waals surface area contributed by atoms with Gasteiger partial charge in [0, 0.05) is 11.1 Å². The Bertz CT molecular complexity index is 412. The number of likely N-dealkylation sites (N-methyl/N-ethyl adjacent to an activating group) is 1. The summed E-state index contributed by atoms with van der Waals surface area (Å²) < 4.78 is 13.8. The molecule has 0 aliphatic carbocycles. The van der Waals surface area contributed by atoms with Gasteiger partial charge in [-0.05, 0) is 48.9 Å². The molecule has 2 unspecified atom stereocenters. The molecule has 1 N–H and O–H groups in total. The van der Waals surface area contributed by atoms with Crippen molar-refractivity contribution in [2.45, 2.75) is 46.6 Å². The first-order valence-electron chi connectivity index (χ1n) is 6.85. The molecule has 0 aliphatic heterocycles.